The Bertz CT molecular complexity index is 1000. The molecule has 1 aromatic heterocycles. The van der Waals surface area contributed by atoms with Crippen LogP contribution in [0.5, 0.6) is 0 Å². The van der Waals surface area contributed by atoms with Gasteiger partial charge in [-0.05, 0) is 43.7 Å². The molecule has 0 amide bonds. The Morgan fingerprint density at radius 2 is 1.63 bits per heavy atom. The zero-order chi connectivity index (χ0) is 19.4. The minimum atomic E-state index is -0.704. The highest BCUT2D eigenvalue weighted by atomic mass is 16.5. The first-order chi connectivity index (χ1) is 13.0. The topological polar surface area (TPSA) is 76.2 Å². The fourth-order valence-electron chi connectivity index (χ4n) is 2.78. The molecule has 0 aliphatic heterocycles. The molecule has 0 saturated heterocycles. The van der Waals surface area contributed by atoms with E-state index >= 15 is 0 Å². The molecule has 0 radical (unpaired) electrons. The van der Waals surface area contributed by atoms with E-state index in [-0.39, 0.29) is 22.7 Å². The van der Waals surface area contributed by atoms with Crippen LogP contribution in [0.3, 0.4) is 0 Å². The maximum atomic E-state index is 13.0. The summed E-state index contributed by atoms with van der Waals surface area (Å²) in [5, 5.41) is 0. The number of rotatable bonds is 6. The Morgan fingerprint density at radius 1 is 0.889 bits per heavy atom. The van der Waals surface area contributed by atoms with Crippen molar-refractivity contribution in [3.05, 3.63) is 94.3 Å². The molecule has 0 aliphatic carbocycles. The summed E-state index contributed by atoms with van der Waals surface area (Å²) < 4.78 is 5.13. The summed E-state index contributed by atoms with van der Waals surface area (Å²) in [5.41, 5.74) is 3.09. The van der Waals surface area contributed by atoms with Crippen LogP contribution in [-0.2, 0) is 4.74 Å². The molecule has 0 unspecified atom stereocenters. The van der Waals surface area contributed by atoms with E-state index in [0.717, 1.165) is 11.1 Å². The lowest BCUT2D eigenvalue weighted by Crippen LogP contribution is -2.17. The van der Waals surface area contributed by atoms with E-state index in [1.165, 1.54) is 6.07 Å². The zero-order valence-electron chi connectivity index (χ0n) is 15.1. The lowest BCUT2D eigenvalue weighted by Gasteiger charge is -2.11. The van der Waals surface area contributed by atoms with Crippen LogP contribution in [0.4, 0.5) is 0 Å². The summed E-state index contributed by atoms with van der Waals surface area (Å²) in [5.74, 6) is -1.30. The number of ether oxygens (including phenoxy) is 1. The monoisotopic (exact) mass is 361 g/mol. The van der Waals surface area contributed by atoms with Crippen molar-refractivity contribution in [2.24, 2.45) is 0 Å². The number of aromatic nitrogens is 1. The molecule has 5 heteroatoms. The Balaban J connectivity index is 1.83. The maximum absolute atomic E-state index is 13.0. The van der Waals surface area contributed by atoms with Crippen molar-refractivity contribution in [3.63, 3.8) is 0 Å². The number of H-pyrrole nitrogens is 1. The molecule has 1 heterocycles. The molecule has 0 spiro atoms. The van der Waals surface area contributed by atoms with Crippen LogP contribution in [-0.4, -0.2) is 29.1 Å². The van der Waals surface area contributed by atoms with Gasteiger partial charge in [0, 0.05) is 17.3 Å². The molecule has 3 aromatic rings. The summed E-state index contributed by atoms with van der Waals surface area (Å²) in [6, 6.07) is 15.4. The van der Waals surface area contributed by atoms with Crippen molar-refractivity contribution < 1.29 is 19.1 Å². The third-order valence-electron chi connectivity index (χ3n) is 4.26. The number of carbonyl (C=O) groups is 3. The smallest absolute Gasteiger partial charge is 0.339 e. The summed E-state index contributed by atoms with van der Waals surface area (Å²) in [6.07, 6.45) is 1.62. The van der Waals surface area contributed by atoms with Crippen LogP contribution in [0.15, 0.2) is 60.8 Å². The summed E-state index contributed by atoms with van der Waals surface area (Å²) in [7, 11) is 0. The number of aryl methyl sites for hydroxylation is 2. The molecule has 0 fully saturated rings. The molecule has 0 bridgehead atoms. The average Bonchev–Trinajstić information content (AvgIpc) is 3.22. The fourth-order valence-corrected chi connectivity index (χ4v) is 2.78. The Hall–Kier alpha value is -3.47. The molecule has 5 nitrogen and oxygen atoms in total. The molecular weight excluding hydrogens is 342 g/mol. The normalized spacial score (nSPS) is 10.4. The predicted molar refractivity (Wildman–Crippen MR) is 101 cm³/mol. The Kier molecular flexibility index (Phi) is 5.31. The zero-order valence-corrected chi connectivity index (χ0v) is 15.1. The predicted octanol–water partition coefficient (Wildman–Crippen LogP) is 3.90. The van der Waals surface area contributed by atoms with Crippen LogP contribution >= 0.6 is 0 Å². The van der Waals surface area contributed by atoms with Crippen LogP contribution in [0.2, 0.25) is 0 Å². The van der Waals surface area contributed by atoms with E-state index in [1.807, 2.05) is 26.0 Å². The molecular formula is C22H19NO4. The molecule has 27 heavy (non-hydrogen) atoms. The molecule has 0 aliphatic rings. The third kappa shape index (κ3) is 4.03. The number of benzene rings is 2. The van der Waals surface area contributed by atoms with E-state index in [0.29, 0.717) is 11.3 Å². The van der Waals surface area contributed by atoms with E-state index < -0.39 is 12.6 Å². The van der Waals surface area contributed by atoms with Gasteiger partial charge in [0.1, 0.15) is 0 Å². The van der Waals surface area contributed by atoms with Gasteiger partial charge in [0.15, 0.2) is 12.4 Å². The van der Waals surface area contributed by atoms with Gasteiger partial charge >= 0.3 is 5.97 Å². The second kappa shape index (κ2) is 7.83. The van der Waals surface area contributed by atoms with Gasteiger partial charge in [0.05, 0.1) is 11.3 Å². The van der Waals surface area contributed by atoms with Gasteiger partial charge in [-0.15, -0.1) is 0 Å². The van der Waals surface area contributed by atoms with Crippen LogP contribution in [0.1, 0.15) is 47.9 Å². The van der Waals surface area contributed by atoms with Crippen LogP contribution in [0, 0.1) is 13.8 Å². The molecule has 0 saturated carbocycles. The van der Waals surface area contributed by atoms with E-state index in [4.69, 9.17) is 4.74 Å². The van der Waals surface area contributed by atoms with Gasteiger partial charge in [-0.1, -0.05) is 35.9 Å². The Morgan fingerprint density at radius 3 is 2.33 bits per heavy atom. The number of hydrogen-bond acceptors (Lipinski definition) is 4. The Labute approximate surface area is 157 Å². The SMILES string of the molecule is Cc1ccc(C)c(C(=O)c2ccccc2C(=O)OCC(=O)c2ccc[nH]2)c1. The molecule has 2 aromatic carbocycles. The van der Waals surface area contributed by atoms with Crippen LogP contribution < -0.4 is 0 Å². The molecule has 0 atom stereocenters. The van der Waals surface area contributed by atoms with E-state index in [1.54, 1.807) is 42.6 Å². The van der Waals surface area contributed by atoms with Crippen LogP contribution in [0.25, 0.3) is 0 Å². The summed E-state index contributed by atoms with van der Waals surface area (Å²) in [4.78, 5) is 40.2. The molecule has 3 rings (SSSR count). The van der Waals surface area contributed by atoms with Crippen molar-refractivity contribution in [1.29, 1.82) is 0 Å². The van der Waals surface area contributed by atoms with Gasteiger partial charge in [0.25, 0.3) is 0 Å². The first-order valence-corrected chi connectivity index (χ1v) is 8.52. The minimum Gasteiger partial charge on any atom is -0.454 e. The van der Waals surface area contributed by atoms with Gasteiger partial charge in [0.2, 0.25) is 5.78 Å². The van der Waals surface area contributed by atoms with Crippen molar-refractivity contribution >= 4 is 17.5 Å². The van der Waals surface area contributed by atoms with Gasteiger partial charge in [-0.2, -0.15) is 0 Å². The fraction of sp³-hybridized carbons (Fsp3) is 0.136. The first kappa shape index (κ1) is 18.3. The van der Waals surface area contributed by atoms with Gasteiger partial charge in [-0.3, -0.25) is 9.59 Å². The lowest BCUT2D eigenvalue weighted by molar-refractivity contribution is 0.0472. The summed E-state index contributed by atoms with van der Waals surface area (Å²) >= 11 is 0. The second-order valence-corrected chi connectivity index (χ2v) is 6.28. The number of esters is 1. The number of aromatic amines is 1. The van der Waals surface area contributed by atoms with Crippen molar-refractivity contribution in [2.45, 2.75) is 13.8 Å². The number of carbonyl (C=O) groups excluding carboxylic acids is 3. The quantitative estimate of drug-likeness (QED) is 0.534. The lowest BCUT2D eigenvalue weighted by atomic mass is 9.94. The molecule has 1 N–H and O–H groups in total. The highest BCUT2D eigenvalue weighted by molar-refractivity contribution is 6.15. The van der Waals surface area contributed by atoms with E-state index in [9.17, 15) is 14.4 Å². The highest BCUT2D eigenvalue weighted by Gasteiger charge is 2.21. The van der Waals surface area contributed by atoms with Crippen molar-refractivity contribution in [1.82, 2.24) is 4.98 Å². The second-order valence-electron chi connectivity index (χ2n) is 6.28. The van der Waals surface area contributed by atoms with Gasteiger partial charge in [-0.25, -0.2) is 4.79 Å². The maximum Gasteiger partial charge on any atom is 0.339 e. The standard InChI is InChI=1S/C22H19NO4/c1-14-9-10-15(2)18(12-14)21(25)16-6-3-4-7-17(16)22(26)27-13-20(24)19-8-5-11-23-19/h3-12,23H,13H2,1-2H3. The highest BCUT2D eigenvalue weighted by Crippen LogP contribution is 2.19. The molecule has 136 valence electrons. The van der Waals surface area contributed by atoms with Crippen molar-refractivity contribution in [2.75, 3.05) is 6.61 Å². The average molecular weight is 361 g/mol. The van der Waals surface area contributed by atoms with Crippen molar-refractivity contribution in [3.8, 4) is 0 Å². The third-order valence-corrected chi connectivity index (χ3v) is 4.26. The number of nitrogens with one attached hydrogen (secondary N) is 1. The summed E-state index contributed by atoms with van der Waals surface area (Å²) in [6.45, 7) is 3.36. The number of Topliss-reactive ketones (excluding diaryl/α,β-unsaturated/α-hetero) is 1. The number of hydrogen-bond donors (Lipinski definition) is 1. The number of ketones is 2. The minimum absolute atomic E-state index is 0.141. The van der Waals surface area contributed by atoms with E-state index in [2.05, 4.69) is 4.98 Å². The van der Waals surface area contributed by atoms with Gasteiger partial charge < -0.3 is 9.72 Å². The largest absolute Gasteiger partial charge is 0.454 e. The first-order valence-electron chi connectivity index (χ1n) is 8.52.